The third kappa shape index (κ3) is 3.75. The van der Waals surface area contributed by atoms with Crippen LogP contribution in [0.4, 0.5) is 0 Å². The van der Waals surface area contributed by atoms with Gasteiger partial charge in [-0.25, -0.2) is 0 Å². The fraction of sp³-hybridized carbons (Fsp3) is 0.692. The van der Waals surface area contributed by atoms with Crippen LogP contribution in [-0.2, 0) is 4.74 Å². The molecule has 1 unspecified atom stereocenters. The Morgan fingerprint density at radius 2 is 1.66 bits per heavy atom. The summed E-state index contributed by atoms with van der Waals surface area (Å²) >= 11 is 0. The van der Waals surface area contributed by atoms with E-state index < -0.39 is 30.7 Å². The second-order valence-corrected chi connectivity index (χ2v) is 10.5. The molecule has 9 atom stereocenters. The standard InChI is InChI=1S/C26H38O6/c1-11(2)9-16-10-13(4)17-8-7-12(3)18-20(17)19(16)14(5)21(27)25(18)32-26-24(30)23(29)22(28)15(6)31-26/h9,12-13,15-17,22-24,26-30H,7-8,10H2,1-6H3/t12-,13-,15-,16-,17?,22+,23+,24-,26-/m1/s1. The minimum absolute atomic E-state index is 0.0806. The fourth-order valence-corrected chi connectivity index (χ4v) is 6.13. The molecule has 1 aliphatic heterocycles. The van der Waals surface area contributed by atoms with Gasteiger partial charge in [0.05, 0.1) is 6.10 Å². The van der Waals surface area contributed by atoms with Gasteiger partial charge in [0.25, 0.3) is 0 Å². The van der Waals surface area contributed by atoms with Crippen LogP contribution in [0, 0.1) is 12.8 Å². The van der Waals surface area contributed by atoms with E-state index in [0.29, 0.717) is 17.6 Å². The molecular formula is C26H38O6. The summed E-state index contributed by atoms with van der Waals surface area (Å²) in [6, 6.07) is 0. The van der Waals surface area contributed by atoms with Gasteiger partial charge in [0.2, 0.25) is 6.29 Å². The van der Waals surface area contributed by atoms with Gasteiger partial charge in [0, 0.05) is 11.5 Å². The van der Waals surface area contributed by atoms with Crippen LogP contribution in [0.3, 0.4) is 0 Å². The Bertz CT molecular complexity index is 904. The third-order valence-electron chi connectivity index (χ3n) is 7.83. The molecule has 1 saturated heterocycles. The minimum atomic E-state index is -1.42. The Morgan fingerprint density at radius 1 is 0.969 bits per heavy atom. The average Bonchev–Trinajstić information content (AvgIpc) is 2.72. The SMILES string of the molecule is CC(C)=C[C@@H]1C[C@@H](C)C2CC[C@@H](C)c3c(O[C@H]4O[C@H](C)[C@H](O)[C@H](O)[C@H]4O)c(O)c(C)c1c32. The highest BCUT2D eigenvalue weighted by atomic mass is 16.7. The van der Waals surface area contributed by atoms with Gasteiger partial charge in [0.15, 0.2) is 11.5 Å². The average molecular weight is 447 g/mol. The lowest BCUT2D eigenvalue weighted by molar-refractivity contribution is -0.268. The number of ether oxygens (including phenoxy) is 2. The number of aliphatic hydroxyl groups is 3. The largest absolute Gasteiger partial charge is 0.504 e. The number of phenols is 1. The van der Waals surface area contributed by atoms with Crippen LogP contribution in [0.2, 0.25) is 0 Å². The number of aromatic hydroxyl groups is 1. The van der Waals surface area contributed by atoms with Crippen LogP contribution in [0.25, 0.3) is 0 Å². The van der Waals surface area contributed by atoms with E-state index in [1.165, 1.54) is 16.7 Å². The third-order valence-corrected chi connectivity index (χ3v) is 7.83. The smallest absolute Gasteiger partial charge is 0.229 e. The highest BCUT2D eigenvalue weighted by Crippen LogP contribution is 2.58. The quantitative estimate of drug-likeness (QED) is 0.524. The van der Waals surface area contributed by atoms with E-state index in [4.69, 9.17) is 9.47 Å². The Labute approximate surface area is 190 Å². The molecule has 4 N–H and O–H groups in total. The maximum atomic E-state index is 11.3. The summed E-state index contributed by atoms with van der Waals surface area (Å²) in [5.41, 5.74) is 5.58. The summed E-state index contributed by atoms with van der Waals surface area (Å²) < 4.78 is 11.8. The van der Waals surface area contributed by atoms with E-state index in [9.17, 15) is 20.4 Å². The van der Waals surface area contributed by atoms with Crippen molar-refractivity contribution in [3.05, 3.63) is 33.9 Å². The molecule has 1 fully saturated rings. The first-order valence-electron chi connectivity index (χ1n) is 11.9. The molecule has 4 rings (SSSR count). The molecule has 0 amide bonds. The van der Waals surface area contributed by atoms with Gasteiger partial charge >= 0.3 is 0 Å². The van der Waals surface area contributed by atoms with E-state index in [-0.39, 0.29) is 17.6 Å². The molecule has 0 spiro atoms. The molecule has 6 heteroatoms. The number of hydrogen-bond donors (Lipinski definition) is 4. The van der Waals surface area contributed by atoms with Crippen molar-refractivity contribution in [3.8, 4) is 11.5 Å². The molecule has 0 aromatic heterocycles. The number of allylic oxidation sites excluding steroid dienone is 2. The Kier molecular flexibility index (Phi) is 6.36. The van der Waals surface area contributed by atoms with Crippen molar-refractivity contribution in [2.24, 2.45) is 5.92 Å². The lowest BCUT2D eigenvalue weighted by atomic mass is 9.62. The van der Waals surface area contributed by atoms with E-state index in [0.717, 1.165) is 30.4 Å². The van der Waals surface area contributed by atoms with Gasteiger partial charge in [0.1, 0.15) is 18.3 Å². The van der Waals surface area contributed by atoms with Crippen molar-refractivity contribution in [2.45, 2.75) is 109 Å². The zero-order valence-corrected chi connectivity index (χ0v) is 20.0. The predicted molar refractivity (Wildman–Crippen MR) is 122 cm³/mol. The summed E-state index contributed by atoms with van der Waals surface area (Å²) in [6.45, 7) is 12.3. The normalized spacial score (nSPS) is 38.7. The van der Waals surface area contributed by atoms with Crippen molar-refractivity contribution >= 4 is 0 Å². The van der Waals surface area contributed by atoms with Gasteiger partial charge in [-0.05, 0) is 81.4 Å². The monoisotopic (exact) mass is 446 g/mol. The summed E-state index contributed by atoms with van der Waals surface area (Å²) in [7, 11) is 0. The number of benzene rings is 1. The Balaban J connectivity index is 1.86. The number of hydrogen-bond acceptors (Lipinski definition) is 6. The van der Waals surface area contributed by atoms with Crippen molar-refractivity contribution < 1.29 is 29.9 Å². The fourth-order valence-electron chi connectivity index (χ4n) is 6.13. The van der Waals surface area contributed by atoms with E-state index in [1.54, 1.807) is 6.92 Å². The summed E-state index contributed by atoms with van der Waals surface area (Å²) in [6.07, 6.45) is -0.406. The first-order valence-corrected chi connectivity index (χ1v) is 11.9. The van der Waals surface area contributed by atoms with Crippen LogP contribution in [0.1, 0.15) is 93.9 Å². The van der Waals surface area contributed by atoms with Crippen molar-refractivity contribution in [2.75, 3.05) is 0 Å². The summed E-state index contributed by atoms with van der Waals surface area (Å²) in [4.78, 5) is 0. The van der Waals surface area contributed by atoms with Crippen molar-refractivity contribution in [1.29, 1.82) is 0 Å². The molecule has 1 aromatic rings. The van der Waals surface area contributed by atoms with Crippen LogP contribution >= 0.6 is 0 Å². The van der Waals surface area contributed by atoms with Crippen molar-refractivity contribution in [3.63, 3.8) is 0 Å². The second-order valence-electron chi connectivity index (χ2n) is 10.5. The van der Waals surface area contributed by atoms with Crippen LogP contribution < -0.4 is 4.74 Å². The van der Waals surface area contributed by atoms with Gasteiger partial charge in [-0.15, -0.1) is 0 Å². The molecule has 32 heavy (non-hydrogen) atoms. The van der Waals surface area contributed by atoms with Gasteiger partial charge < -0.3 is 29.9 Å². The van der Waals surface area contributed by atoms with Crippen molar-refractivity contribution in [1.82, 2.24) is 0 Å². The van der Waals surface area contributed by atoms with E-state index in [1.807, 2.05) is 6.92 Å². The van der Waals surface area contributed by atoms with Crippen LogP contribution in [-0.4, -0.2) is 51.1 Å². The molecule has 1 aromatic carbocycles. The van der Waals surface area contributed by atoms with Gasteiger partial charge in [-0.1, -0.05) is 25.5 Å². The first-order chi connectivity index (χ1) is 15.0. The molecule has 1 heterocycles. The van der Waals surface area contributed by atoms with E-state index in [2.05, 4.69) is 33.8 Å². The topological polar surface area (TPSA) is 99.4 Å². The van der Waals surface area contributed by atoms with E-state index >= 15 is 0 Å². The molecule has 0 bridgehead atoms. The molecule has 6 nitrogen and oxygen atoms in total. The first kappa shape index (κ1) is 23.6. The molecule has 0 radical (unpaired) electrons. The van der Waals surface area contributed by atoms with Crippen LogP contribution in [0.15, 0.2) is 11.6 Å². The molecule has 178 valence electrons. The minimum Gasteiger partial charge on any atom is -0.504 e. The molecule has 3 aliphatic rings. The highest BCUT2D eigenvalue weighted by Gasteiger charge is 2.46. The Hall–Kier alpha value is -1.60. The van der Waals surface area contributed by atoms with Gasteiger partial charge in [-0.2, -0.15) is 0 Å². The summed E-state index contributed by atoms with van der Waals surface area (Å²) in [5, 5.41) is 42.1. The van der Waals surface area contributed by atoms with Gasteiger partial charge in [-0.3, -0.25) is 0 Å². The highest BCUT2D eigenvalue weighted by molar-refractivity contribution is 5.64. The molecule has 2 aliphatic carbocycles. The Morgan fingerprint density at radius 3 is 2.31 bits per heavy atom. The number of rotatable bonds is 3. The molecular weight excluding hydrogens is 408 g/mol. The molecule has 0 saturated carbocycles. The maximum absolute atomic E-state index is 11.3. The lowest BCUT2D eigenvalue weighted by Gasteiger charge is -2.44. The van der Waals surface area contributed by atoms with Crippen LogP contribution in [0.5, 0.6) is 11.5 Å². The summed E-state index contributed by atoms with van der Waals surface area (Å²) in [5.74, 6) is 1.79. The predicted octanol–water partition coefficient (Wildman–Crippen LogP) is 3.98. The lowest BCUT2D eigenvalue weighted by Crippen LogP contribution is -2.58. The maximum Gasteiger partial charge on any atom is 0.229 e. The zero-order chi connectivity index (χ0) is 23.5. The second kappa shape index (κ2) is 8.64. The number of aliphatic hydroxyl groups excluding tert-OH is 3. The zero-order valence-electron chi connectivity index (χ0n) is 20.0. The number of phenolic OH excluding ortho intramolecular Hbond substituents is 1.